The lowest BCUT2D eigenvalue weighted by molar-refractivity contribution is -0.149. The van der Waals surface area contributed by atoms with Crippen LogP contribution in [0.1, 0.15) is 38.2 Å². The van der Waals surface area contributed by atoms with E-state index in [1.807, 2.05) is 44.2 Å². The monoisotopic (exact) mass is 474 g/mol. The summed E-state index contributed by atoms with van der Waals surface area (Å²) in [5.41, 5.74) is -0.140. The molecule has 0 radical (unpaired) electrons. The number of aromatic nitrogens is 1. The zero-order valence-electron chi connectivity index (χ0n) is 19.9. The van der Waals surface area contributed by atoms with E-state index in [1.54, 1.807) is 0 Å². The van der Waals surface area contributed by atoms with Crippen LogP contribution in [-0.2, 0) is 19.1 Å². The highest BCUT2D eigenvalue weighted by molar-refractivity contribution is 5.98. The van der Waals surface area contributed by atoms with Crippen molar-refractivity contribution in [1.29, 1.82) is 0 Å². The summed E-state index contributed by atoms with van der Waals surface area (Å²) in [4.78, 5) is 40.3. The number of amides is 1. The van der Waals surface area contributed by atoms with E-state index >= 15 is 0 Å². The molecule has 1 heterocycles. The number of ether oxygens (including phenoxy) is 5. The first kappa shape index (κ1) is 26.4. The lowest BCUT2D eigenvalue weighted by Gasteiger charge is -2.23. The van der Waals surface area contributed by atoms with Gasteiger partial charge in [0.25, 0.3) is 5.91 Å². The maximum atomic E-state index is 12.8. The largest absolute Gasteiger partial charge is 0.493 e. The number of methoxy groups -OCH3 is 1. The van der Waals surface area contributed by atoms with Crippen molar-refractivity contribution in [2.75, 3.05) is 20.5 Å². The van der Waals surface area contributed by atoms with Crippen LogP contribution in [0, 0.1) is 5.92 Å². The van der Waals surface area contributed by atoms with E-state index in [0.29, 0.717) is 5.75 Å². The molecule has 184 valence electrons. The number of para-hydroxylation sites is 1. The summed E-state index contributed by atoms with van der Waals surface area (Å²) in [5.74, 6) is -0.954. The number of benzene rings is 1. The first-order valence-electron chi connectivity index (χ1n) is 10.7. The van der Waals surface area contributed by atoms with Crippen molar-refractivity contribution in [1.82, 2.24) is 10.3 Å². The van der Waals surface area contributed by atoms with Crippen molar-refractivity contribution in [3.05, 3.63) is 48.3 Å². The van der Waals surface area contributed by atoms with Crippen LogP contribution < -0.4 is 19.5 Å². The van der Waals surface area contributed by atoms with Crippen molar-refractivity contribution in [2.45, 2.75) is 39.8 Å². The number of rotatable bonds is 12. The molecular formula is C24H30N2O8. The molecule has 1 aromatic heterocycles. The highest BCUT2D eigenvalue weighted by Gasteiger charge is 2.25. The van der Waals surface area contributed by atoms with E-state index in [1.165, 1.54) is 33.2 Å². The summed E-state index contributed by atoms with van der Waals surface area (Å²) in [7, 11) is 1.39. The number of hydrogen-bond donors (Lipinski definition) is 1. The summed E-state index contributed by atoms with van der Waals surface area (Å²) in [6.07, 6.45) is 0.986. The van der Waals surface area contributed by atoms with Crippen molar-refractivity contribution in [3.63, 3.8) is 0 Å². The summed E-state index contributed by atoms with van der Waals surface area (Å²) in [5, 5.41) is 2.53. The summed E-state index contributed by atoms with van der Waals surface area (Å²) < 4.78 is 26.6. The van der Waals surface area contributed by atoms with Gasteiger partial charge < -0.3 is 29.0 Å². The van der Waals surface area contributed by atoms with Crippen LogP contribution in [0.25, 0.3) is 0 Å². The average molecular weight is 475 g/mol. The van der Waals surface area contributed by atoms with Crippen LogP contribution in [-0.4, -0.2) is 55.5 Å². The fourth-order valence-corrected chi connectivity index (χ4v) is 2.71. The third-order valence-corrected chi connectivity index (χ3v) is 4.63. The molecule has 1 amide bonds. The molecule has 1 N–H and O–H groups in total. The Labute approximate surface area is 198 Å². The van der Waals surface area contributed by atoms with Gasteiger partial charge in [0, 0.05) is 19.2 Å². The Hall–Kier alpha value is -3.82. The van der Waals surface area contributed by atoms with E-state index in [9.17, 15) is 14.4 Å². The van der Waals surface area contributed by atoms with Gasteiger partial charge in [0.15, 0.2) is 17.2 Å². The maximum Gasteiger partial charge on any atom is 0.328 e. The SMILES string of the molecule is COc1ccnc(C(=O)NC(C)C(=O)OCC(Oc2ccccc2)C(C)C)c1OCOC(C)=O. The van der Waals surface area contributed by atoms with Crippen LogP contribution in [0.5, 0.6) is 17.2 Å². The second-order valence-electron chi connectivity index (χ2n) is 7.63. The lowest BCUT2D eigenvalue weighted by atomic mass is 10.1. The molecule has 34 heavy (non-hydrogen) atoms. The lowest BCUT2D eigenvalue weighted by Crippen LogP contribution is -2.41. The van der Waals surface area contributed by atoms with Gasteiger partial charge in [-0.25, -0.2) is 9.78 Å². The third kappa shape index (κ3) is 7.95. The molecule has 0 aliphatic rings. The number of nitrogens with zero attached hydrogens (tertiary/aromatic N) is 1. The van der Waals surface area contributed by atoms with E-state index in [2.05, 4.69) is 10.3 Å². The quantitative estimate of drug-likeness (QED) is 0.365. The molecule has 0 bridgehead atoms. The molecule has 0 aliphatic carbocycles. The zero-order valence-corrected chi connectivity index (χ0v) is 19.9. The Morgan fingerprint density at radius 2 is 1.74 bits per heavy atom. The Bertz CT molecular complexity index is 965. The summed E-state index contributed by atoms with van der Waals surface area (Å²) in [6, 6.07) is 9.73. The topological polar surface area (TPSA) is 122 Å². The standard InChI is InChI=1S/C24H30N2O8/c1-15(2)20(34-18-9-7-6-8-10-18)13-31-24(29)16(3)26-23(28)21-22(33-14-32-17(4)27)19(30-5)11-12-25-21/h6-12,15-16,20H,13-14H2,1-5H3,(H,26,28). The maximum absolute atomic E-state index is 12.8. The number of hydrogen-bond acceptors (Lipinski definition) is 9. The number of carbonyl (C=O) groups is 3. The number of pyridine rings is 1. The minimum absolute atomic E-state index is 0.0137. The molecule has 10 heteroatoms. The highest BCUT2D eigenvalue weighted by Crippen LogP contribution is 2.29. The molecule has 2 atom stereocenters. The minimum atomic E-state index is -0.980. The Balaban J connectivity index is 2.00. The molecule has 2 rings (SSSR count). The molecule has 0 saturated carbocycles. The molecule has 2 aromatic rings. The Kier molecular flexibility index (Phi) is 10.1. The van der Waals surface area contributed by atoms with Crippen molar-refractivity contribution < 1.29 is 38.1 Å². The van der Waals surface area contributed by atoms with Crippen LogP contribution in [0.2, 0.25) is 0 Å². The van der Waals surface area contributed by atoms with Crippen molar-refractivity contribution in [3.8, 4) is 17.2 Å². The van der Waals surface area contributed by atoms with Gasteiger partial charge in [0.1, 0.15) is 24.5 Å². The van der Waals surface area contributed by atoms with Gasteiger partial charge in [-0.15, -0.1) is 0 Å². The first-order valence-corrected chi connectivity index (χ1v) is 10.7. The summed E-state index contributed by atoms with van der Waals surface area (Å²) in [6.45, 7) is 6.20. The molecule has 1 aromatic carbocycles. The normalized spacial score (nSPS) is 12.3. The second kappa shape index (κ2) is 13.0. The molecular weight excluding hydrogens is 444 g/mol. The number of carbonyl (C=O) groups excluding carboxylic acids is 3. The van der Waals surface area contributed by atoms with Crippen LogP contribution in [0.15, 0.2) is 42.6 Å². The zero-order chi connectivity index (χ0) is 25.1. The molecule has 0 fully saturated rings. The van der Waals surface area contributed by atoms with Gasteiger partial charge in [-0.05, 0) is 25.0 Å². The number of esters is 2. The van der Waals surface area contributed by atoms with Crippen molar-refractivity contribution >= 4 is 17.8 Å². The van der Waals surface area contributed by atoms with E-state index in [-0.39, 0.29) is 35.8 Å². The van der Waals surface area contributed by atoms with Crippen LogP contribution in [0.4, 0.5) is 0 Å². The van der Waals surface area contributed by atoms with Gasteiger partial charge in [-0.3, -0.25) is 9.59 Å². The third-order valence-electron chi connectivity index (χ3n) is 4.63. The predicted octanol–water partition coefficient (Wildman–Crippen LogP) is 2.75. The van der Waals surface area contributed by atoms with Gasteiger partial charge in [-0.1, -0.05) is 32.0 Å². The Morgan fingerprint density at radius 1 is 1.03 bits per heavy atom. The van der Waals surface area contributed by atoms with Gasteiger partial charge in [0.05, 0.1) is 7.11 Å². The van der Waals surface area contributed by atoms with Crippen LogP contribution in [0.3, 0.4) is 0 Å². The summed E-state index contributed by atoms with van der Waals surface area (Å²) >= 11 is 0. The number of nitrogens with one attached hydrogen (secondary N) is 1. The molecule has 0 spiro atoms. The van der Waals surface area contributed by atoms with Crippen molar-refractivity contribution in [2.24, 2.45) is 5.92 Å². The van der Waals surface area contributed by atoms with Crippen LogP contribution >= 0.6 is 0 Å². The molecule has 2 unspecified atom stereocenters. The Morgan fingerprint density at radius 3 is 2.35 bits per heavy atom. The smallest absolute Gasteiger partial charge is 0.328 e. The molecule has 0 aliphatic heterocycles. The van der Waals surface area contributed by atoms with Gasteiger partial charge >= 0.3 is 11.9 Å². The highest BCUT2D eigenvalue weighted by atomic mass is 16.7. The van der Waals surface area contributed by atoms with E-state index in [4.69, 9.17) is 23.7 Å². The molecule has 10 nitrogen and oxygen atoms in total. The molecule has 0 saturated heterocycles. The van der Waals surface area contributed by atoms with Gasteiger partial charge in [-0.2, -0.15) is 0 Å². The average Bonchev–Trinajstić information content (AvgIpc) is 2.81. The fraction of sp³-hybridized carbons (Fsp3) is 0.417. The minimum Gasteiger partial charge on any atom is -0.493 e. The van der Waals surface area contributed by atoms with Gasteiger partial charge in [0.2, 0.25) is 6.79 Å². The predicted molar refractivity (Wildman–Crippen MR) is 122 cm³/mol. The second-order valence-corrected chi connectivity index (χ2v) is 7.63. The van der Waals surface area contributed by atoms with E-state index in [0.717, 1.165) is 0 Å². The fourth-order valence-electron chi connectivity index (χ4n) is 2.71. The van der Waals surface area contributed by atoms with E-state index < -0.39 is 30.7 Å². The first-order chi connectivity index (χ1) is 16.2.